The molecule has 1 fully saturated rings. The maximum atomic E-state index is 14.7. The fourth-order valence-corrected chi connectivity index (χ4v) is 6.56. The number of piperidine rings is 1. The summed E-state index contributed by atoms with van der Waals surface area (Å²) >= 11 is 5.96. The number of hydrogen-bond acceptors (Lipinski definition) is 6. The molecule has 2 atom stereocenters. The fraction of sp³-hybridized carbons (Fsp3) is 0.364. The first kappa shape index (κ1) is 29.3. The van der Waals surface area contributed by atoms with Crippen LogP contribution in [0.5, 0.6) is 0 Å². The fourth-order valence-electron chi connectivity index (χ4n) is 6.39. The van der Waals surface area contributed by atoms with Gasteiger partial charge in [0.2, 0.25) is 6.10 Å². The van der Waals surface area contributed by atoms with Crippen LogP contribution in [0.1, 0.15) is 47.6 Å². The van der Waals surface area contributed by atoms with Gasteiger partial charge in [0, 0.05) is 50.8 Å². The third-order valence-corrected chi connectivity index (χ3v) is 8.87. The molecule has 0 aliphatic carbocycles. The summed E-state index contributed by atoms with van der Waals surface area (Å²) in [5.41, 5.74) is 3.83. The van der Waals surface area contributed by atoms with Crippen molar-refractivity contribution < 1.29 is 27.9 Å². The highest BCUT2D eigenvalue weighted by atomic mass is 35.5. The van der Waals surface area contributed by atoms with E-state index >= 15 is 0 Å². The van der Waals surface area contributed by atoms with E-state index in [0.29, 0.717) is 12.0 Å². The maximum Gasteiger partial charge on any atom is 0.267 e. The summed E-state index contributed by atoms with van der Waals surface area (Å²) in [6, 6.07) is 15.5. The van der Waals surface area contributed by atoms with Gasteiger partial charge in [-0.05, 0) is 66.3 Å². The molecule has 3 aliphatic rings. The number of nitrogens with zero attached hydrogens (tertiary/aromatic N) is 3. The van der Waals surface area contributed by atoms with Gasteiger partial charge in [0.05, 0.1) is 16.8 Å². The van der Waals surface area contributed by atoms with Crippen molar-refractivity contribution >= 4 is 34.7 Å². The lowest BCUT2D eigenvalue weighted by molar-refractivity contribution is -0.149. The van der Waals surface area contributed by atoms with Gasteiger partial charge in [-0.2, -0.15) is 0 Å². The number of rotatable bonds is 7. The minimum absolute atomic E-state index is 0.0404. The van der Waals surface area contributed by atoms with E-state index in [1.807, 2.05) is 12.1 Å². The summed E-state index contributed by atoms with van der Waals surface area (Å²) in [6.45, 7) is 1.95. The molecule has 0 N–H and O–H groups in total. The molecule has 0 spiro atoms. The molecule has 3 heterocycles. The largest absolute Gasteiger partial charge is 0.382 e. The Hall–Kier alpha value is -3.82. The Bertz CT molecular complexity index is 1570. The van der Waals surface area contributed by atoms with Gasteiger partial charge >= 0.3 is 0 Å². The van der Waals surface area contributed by atoms with Gasteiger partial charge in [0.15, 0.2) is 11.6 Å². The van der Waals surface area contributed by atoms with E-state index in [2.05, 4.69) is 16.1 Å². The van der Waals surface area contributed by atoms with Crippen molar-refractivity contribution in [2.24, 2.45) is 5.16 Å². The number of halogens is 3. The first-order valence-electron chi connectivity index (χ1n) is 14.5. The number of carbonyl (C=O) groups excluding carboxylic acids is 2. The first-order valence-corrected chi connectivity index (χ1v) is 14.9. The van der Waals surface area contributed by atoms with Crippen molar-refractivity contribution in [2.75, 3.05) is 31.6 Å². The number of ether oxygens (including phenoxy) is 1. The lowest BCUT2D eigenvalue weighted by Gasteiger charge is -2.40. The third-order valence-electron chi connectivity index (χ3n) is 8.57. The van der Waals surface area contributed by atoms with Crippen molar-refractivity contribution in [1.82, 2.24) is 4.90 Å². The zero-order valence-electron chi connectivity index (χ0n) is 23.8. The lowest BCUT2D eigenvalue weighted by Crippen LogP contribution is -2.48. The molecule has 0 unspecified atom stereocenters. The van der Waals surface area contributed by atoms with E-state index in [9.17, 15) is 18.4 Å². The number of Topliss-reactive ketones (excluding diaryl/α,β-unsaturated/α-hetero) is 1. The van der Waals surface area contributed by atoms with E-state index in [0.717, 1.165) is 42.7 Å². The summed E-state index contributed by atoms with van der Waals surface area (Å²) in [5, 5.41) is 3.96. The summed E-state index contributed by atoms with van der Waals surface area (Å²) in [6.07, 6.45) is 1.56. The molecule has 224 valence electrons. The molecule has 0 aromatic heterocycles. The van der Waals surface area contributed by atoms with E-state index < -0.39 is 29.7 Å². The van der Waals surface area contributed by atoms with Crippen LogP contribution in [0.2, 0.25) is 5.02 Å². The second-order valence-corrected chi connectivity index (χ2v) is 11.6. The number of carbonyl (C=O) groups is 2. The molecular formula is C33H32ClF2N3O4. The van der Waals surface area contributed by atoms with Crippen LogP contribution in [0.4, 0.5) is 14.5 Å². The first-order chi connectivity index (χ1) is 20.8. The van der Waals surface area contributed by atoms with Gasteiger partial charge in [0.1, 0.15) is 11.9 Å². The summed E-state index contributed by atoms with van der Waals surface area (Å²) in [7, 11) is 1.73. The molecule has 0 bridgehead atoms. The highest BCUT2D eigenvalue weighted by Crippen LogP contribution is 2.39. The van der Waals surface area contributed by atoms with Crippen molar-refractivity contribution in [2.45, 2.75) is 50.4 Å². The van der Waals surface area contributed by atoms with Crippen LogP contribution < -0.4 is 4.90 Å². The number of ketones is 1. The number of benzene rings is 3. The van der Waals surface area contributed by atoms with Crippen LogP contribution in [0.3, 0.4) is 0 Å². The van der Waals surface area contributed by atoms with Crippen LogP contribution in [0, 0.1) is 11.6 Å². The topological polar surface area (TPSA) is 71.4 Å². The quantitative estimate of drug-likeness (QED) is 0.346. The SMILES string of the molecule is COC1CCN(c2cccc3c2CCN(C(=O)[C@H]2CC(c4cccc(Cl)c4F)=NO2)[C@H]3C(=O)Cc2cccc(F)c2)CC1. The Balaban J connectivity index is 1.30. The van der Waals surface area contributed by atoms with Crippen molar-refractivity contribution in [3.63, 3.8) is 0 Å². The van der Waals surface area contributed by atoms with Gasteiger partial charge in [-0.1, -0.05) is 47.1 Å². The highest BCUT2D eigenvalue weighted by Gasteiger charge is 2.42. The Kier molecular flexibility index (Phi) is 8.45. The summed E-state index contributed by atoms with van der Waals surface area (Å²) in [5.74, 6) is -1.69. The molecule has 0 radical (unpaired) electrons. The predicted molar refractivity (Wildman–Crippen MR) is 159 cm³/mol. The van der Waals surface area contributed by atoms with Crippen molar-refractivity contribution in [1.29, 1.82) is 0 Å². The lowest BCUT2D eigenvalue weighted by atomic mass is 9.86. The van der Waals surface area contributed by atoms with E-state index in [1.54, 1.807) is 30.2 Å². The number of amides is 1. The average Bonchev–Trinajstić information content (AvgIpc) is 3.51. The van der Waals surface area contributed by atoms with Crippen molar-refractivity contribution in [3.8, 4) is 0 Å². The molecule has 3 aromatic rings. The van der Waals surface area contributed by atoms with Crippen LogP contribution >= 0.6 is 11.6 Å². The number of fused-ring (bicyclic) bond motifs is 1. The number of methoxy groups -OCH3 is 1. The molecule has 43 heavy (non-hydrogen) atoms. The van der Waals surface area contributed by atoms with E-state index in [-0.39, 0.29) is 47.6 Å². The summed E-state index contributed by atoms with van der Waals surface area (Å²) < 4.78 is 34.2. The number of anilines is 1. The molecule has 0 saturated carbocycles. The van der Waals surface area contributed by atoms with Gasteiger partial charge in [0.25, 0.3) is 5.91 Å². The molecule has 3 aromatic carbocycles. The molecule has 1 saturated heterocycles. The van der Waals surface area contributed by atoms with Gasteiger partial charge in [-0.3, -0.25) is 9.59 Å². The Morgan fingerprint density at radius 1 is 1.05 bits per heavy atom. The van der Waals surface area contributed by atoms with Gasteiger partial charge < -0.3 is 19.4 Å². The average molecular weight is 608 g/mol. The van der Waals surface area contributed by atoms with Crippen LogP contribution in [0.25, 0.3) is 0 Å². The van der Waals surface area contributed by atoms with Crippen LogP contribution in [-0.2, 0) is 32.0 Å². The maximum absolute atomic E-state index is 14.7. The Morgan fingerprint density at radius 3 is 2.58 bits per heavy atom. The molecule has 1 amide bonds. The number of oxime groups is 1. The van der Waals surface area contributed by atoms with Gasteiger partial charge in [-0.25, -0.2) is 8.78 Å². The molecule has 3 aliphatic heterocycles. The normalized spacial score (nSPS) is 20.4. The van der Waals surface area contributed by atoms with Crippen molar-refractivity contribution in [3.05, 3.63) is 99.6 Å². The molecule has 7 nitrogen and oxygen atoms in total. The van der Waals surface area contributed by atoms with Crippen LogP contribution in [0.15, 0.2) is 65.8 Å². The Morgan fingerprint density at radius 2 is 1.81 bits per heavy atom. The van der Waals surface area contributed by atoms with E-state index in [1.165, 1.54) is 24.3 Å². The highest BCUT2D eigenvalue weighted by molar-refractivity contribution is 6.31. The zero-order valence-corrected chi connectivity index (χ0v) is 24.5. The monoisotopic (exact) mass is 607 g/mol. The van der Waals surface area contributed by atoms with Gasteiger partial charge in [-0.15, -0.1) is 0 Å². The molecular weight excluding hydrogens is 576 g/mol. The smallest absolute Gasteiger partial charge is 0.267 e. The minimum Gasteiger partial charge on any atom is -0.382 e. The second kappa shape index (κ2) is 12.4. The standard InChI is InChI=1S/C33H32ClF2N3O4/c1-42-22-11-14-38(15-12-22)28-10-4-7-24-23(28)13-16-39(32(24)29(40)18-20-5-2-6-21(35)17-20)33(41)30-19-27(37-43-30)25-8-3-9-26(34)31(25)36/h2-10,17,22,30,32H,11-16,18-19H2,1H3/t30-,32-/m1/s1. The number of hydrogen-bond donors (Lipinski definition) is 0. The predicted octanol–water partition coefficient (Wildman–Crippen LogP) is 5.66. The summed E-state index contributed by atoms with van der Waals surface area (Å²) in [4.78, 5) is 37.4. The third kappa shape index (κ3) is 5.88. The van der Waals surface area contributed by atoms with E-state index in [4.69, 9.17) is 21.2 Å². The second-order valence-electron chi connectivity index (χ2n) is 11.2. The molecule has 10 heteroatoms. The Labute approximate surface area is 254 Å². The minimum atomic E-state index is -1.02. The zero-order chi connectivity index (χ0) is 30.1. The molecule has 6 rings (SSSR count). The van der Waals surface area contributed by atoms with Crippen LogP contribution in [-0.4, -0.2) is 61.3 Å².